The number of aliphatic carboxylic acids is 1. The molecule has 0 aromatic carbocycles. The van der Waals surface area contributed by atoms with E-state index in [2.05, 4.69) is 0 Å². The molecule has 0 heterocycles. The molecular weight excluding hydrogens is 130 g/mol. The average Bonchev–Trinajstić information content (AvgIpc) is 1.81. The molecule has 3 N–H and O–H groups in total. The molecule has 0 spiro atoms. The van der Waals surface area contributed by atoms with Crippen molar-refractivity contribution in [2.45, 2.75) is 25.3 Å². The SMILES string of the molecule is CC1C2(N)CC1(C(=O)O)C2. The third kappa shape index (κ3) is 0.355. The maximum Gasteiger partial charge on any atom is 0.310 e. The van der Waals surface area contributed by atoms with Crippen LogP contribution in [-0.4, -0.2) is 16.6 Å². The molecule has 0 aliphatic heterocycles. The standard InChI is InChI=1S/C7H11NO2/c1-4-6(5(9)10)2-7(4,8)3-6/h4H,2-3,8H2,1H3,(H,9,10). The fourth-order valence-corrected chi connectivity index (χ4v) is 2.36. The van der Waals surface area contributed by atoms with E-state index >= 15 is 0 Å². The molecule has 0 aromatic heterocycles. The first-order chi connectivity index (χ1) is 4.51. The minimum Gasteiger partial charge on any atom is -0.481 e. The van der Waals surface area contributed by atoms with Gasteiger partial charge in [-0.15, -0.1) is 0 Å². The predicted octanol–water partition coefficient (Wildman–Crippen LogP) is 0.198. The lowest BCUT2D eigenvalue weighted by molar-refractivity contribution is -0.222. The number of carboxylic acids is 1. The zero-order chi connectivity index (χ0) is 7.57. The van der Waals surface area contributed by atoms with Gasteiger partial charge in [-0.2, -0.15) is 0 Å². The Kier molecular flexibility index (Phi) is 0.759. The van der Waals surface area contributed by atoms with Gasteiger partial charge in [-0.1, -0.05) is 6.92 Å². The van der Waals surface area contributed by atoms with Gasteiger partial charge >= 0.3 is 5.97 Å². The fraction of sp³-hybridized carbons (Fsp3) is 0.857. The van der Waals surface area contributed by atoms with E-state index in [4.69, 9.17) is 10.8 Å². The lowest BCUT2D eigenvalue weighted by Gasteiger charge is -2.71. The first-order valence-corrected chi connectivity index (χ1v) is 3.54. The van der Waals surface area contributed by atoms with Crippen molar-refractivity contribution in [3.8, 4) is 0 Å². The van der Waals surface area contributed by atoms with Crippen molar-refractivity contribution in [1.29, 1.82) is 0 Å². The second-order valence-electron chi connectivity index (χ2n) is 3.77. The summed E-state index contributed by atoms with van der Waals surface area (Å²) in [5, 5.41) is 8.76. The number of rotatable bonds is 1. The van der Waals surface area contributed by atoms with E-state index < -0.39 is 11.4 Å². The molecule has 3 aliphatic carbocycles. The molecule has 3 fully saturated rings. The summed E-state index contributed by atoms with van der Waals surface area (Å²) in [6.45, 7) is 1.93. The van der Waals surface area contributed by atoms with Crippen molar-refractivity contribution < 1.29 is 9.90 Å². The van der Waals surface area contributed by atoms with Crippen LogP contribution in [-0.2, 0) is 4.79 Å². The molecule has 56 valence electrons. The lowest BCUT2D eigenvalue weighted by Crippen LogP contribution is -2.81. The smallest absolute Gasteiger partial charge is 0.310 e. The second-order valence-corrected chi connectivity index (χ2v) is 3.77. The molecule has 0 saturated heterocycles. The quantitative estimate of drug-likeness (QED) is 0.548. The van der Waals surface area contributed by atoms with E-state index in [-0.39, 0.29) is 11.5 Å². The largest absolute Gasteiger partial charge is 0.481 e. The van der Waals surface area contributed by atoms with E-state index in [0.717, 1.165) is 0 Å². The van der Waals surface area contributed by atoms with Crippen LogP contribution >= 0.6 is 0 Å². The summed E-state index contributed by atoms with van der Waals surface area (Å²) in [6, 6.07) is 0. The monoisotopic (exact) mass is 141 g/mol. The Hall–Kier alpha value is -0.570. The molecule has 0 amide bonds. The third-order valence-corrected chi connectivity index (χ3v) is 3.41. The molecule has 2 bridgehead atoms. The van der Waals surface area contributed by atoms with Crippen LogP contribution in [0.1, 0.15) is 19.8 Å². The van der Waals surface area contributed by atoms with Crippen LogP contribution in [0.15, 0.2) is 0 Å². The molecule has 3 nitrogen and oxygen atoms in total. The molecule has 3 saturated carbocycles. The van der Waals surface area contributed by atoms with Crippen LogP contribution in [0, 0.1) is 11.3 Å². The van der Waals surface area contributed by atoms with Crippen molar-refractivity contribution in [3.63, 3.8) is 0 Å². The molecular formula is C7H11NO2. The van der Waals surface area contributed by atoms with E-state index in [1.165, 1.54) is 0 Å². The van der Waals surface area contributed by atoms with Gasteiger partial charge in [0.2, 0.25) is 0 Å². The number of hydrogen-bond acceptors (Lipinski definition) is 2. The van der Waals surface area contributed by atoms with Crippen LogP contribution in [0.25, 0.3) is 0 Å². The fourth-order valence-electron chi connectivity index (χ4n) is 2.36. The zero-order valence-electron chi connectivity index (χ0n) is 5.92. The number of carbonyl (C=O) groups is 1. The number of carboxylic acid groups (broad SMARTS) is 1. The van der Waals surface area contributed by atoms with Gasteiger partial charge in [0, 0.05) is 5.54 Å². The predicted molar refractivity (Wildman–Crippen MR) is 35.4 cm³/mol. The van der Waals surface area contributed by atoms with Gasteiger partial charge in [0.05, 0.1) is 5.41 Å². The van der Waals surface area contributed by atoms with Gasteiger partial charge in [-0.25, -0.2) is 0 Å². The summed E-state index contributed by atoms with van der Waals surface area (Å²) in [5.74, 6) is -0.468. The van der Waals surface area contributed by atoms with Crippen LogP contribution in [0.3, 0.4) is 0 Å². The molecule has 1 unspecified atom stereocenters. The van der Waals surface area contributed by atoms with Gasteiger partial charge < -0.3 is 10.8 Å². The molecule has 10 heavy (non-hydrogen) atoms. The molecule has 3 aliphatic rings. The summed E-state index contributed by atoms with van der Waals surface area (Å²) in [4.78, 5) is 10.6. The summed E-state index contributed by atoms with van der Waals surface area (Å²) >= 11 is 0. The van der Waals surface area contributed by atoms with Crippen LogP contribution in [0.5, 0.6) is 0 Å². The van der Waals surface area contributed by atoms with E-state index in [0.29, 0.717) is 12.8 Å². The minimum atomic E-state index is -0.660. The van der Waals surface area contributed by atoms with Gasteiger partial charge in [-0.05, 0) is 18.8 Å². The normalized spacial score (nSPS) is 56.8. The zero-order valence-corrected chi connectivity index (χ0v) is 5.92. The molecule has 3 heteroatoms. The van der Waals surface area contributed by atoms with Crippen molar-refractivity contribution in [1.82, 2.24) is 0 Å². The second kappa shape index (κ2) is 1.23. The lowest BCUT2D eigenvalue weighted by atomic mass is 9.34. The van der Waals surface area contributed by atoms with E-state index in [1.807, 2.05) is 6.92 Å². The van der Waals surface area contributed by atoms with E-state index in [9.17, 15) is 4.79 Å². The van der Waals surface area contributed by atoms with Crippen LogP contribution < -0.4 is 5.73 Å². The maximum absolute atomic E-state index is 10.6. The Morgan fingerprint density at radius 1 is 1.70 bits per heavy atom. The van der Waals surface area contributed by atoms with Crippen molar-refractivity contribution in [2.75, 3.05) is 0 Å². The van der Waals surface area contributed by atoms with Gasteiger partial charge in [0.15, 0.2) is 0 Å². The summed E-state index contributed by atoms with van der Waals surface area (Å²) in [7, 11) is 0. The number of hydrogen-bond donors (Lipinski definition) is 2. The molecule has 0 aromatic rings. The first kappa shape index (κ1) is 6.16. The number of nitrogens with two attached hydrogens (primary N) is 1. The summed E-state index contributed by atoms with van der Waals surface area (Å²) < 4.78 is 0. The summed E-state index contributed by atoms with van der Waals surface area (Å²) in [6.07, 6.45) is 1.38. The molecule has 3 rings (SSSR count). The Balaban J connectivity index is 2.21. The Morgan fingerprint density at radius 3 is 2.30 bits per heavy atom. The highest BCUT2D eigenvalue weighted by Gasteiger charge is 2.75. The van der Waals surface area contributed by atoms with Crippen molar-refractivity contribution in [3.05, 3.63) is 0 Å². The van der Waals surface area contributed by atoms with Gasteiger partial charge in [0.1, 0.15) is 0 Å². The van der Waals surface area contributed by atoms with E-state index in [1.54, 1.807) is 0 Å². The Morgan fingerprint density at radius 2 is 2.20 bits per heavy atom. The van der Waals surface area contributed by atoms with Crippen LogP contribution in [0.2, 0.25) is 0 Å². The highest BCUT2D eigenvalue weighted by molar-refractivity contribution is 5.80. The maximum atomic E-state index is 10.6. The van der Waals surface area contributed by atoms with Crippen LogP contribution in [0.4, 0.5) is 0 Å². The Labute approximate surface area is 59.2 Å². The highest BCUT2D eigenvalue weighted by atomic mass is 16.4. The first-order valence-electron chi connectivity index (χ1n) is 3.54. The molecule has 0 radical (unpaired) electrons. The van der Waals surface area contributed by atoms with Crippen molar-refractivity contribution >= 4 is 5.97 Å². The highest BCUT2D eigenvalue weighted by Crippen LogP contribution is 2.69. The topological polar surface area (TPSA) is 63.3 Å². The Bertz CT molecular complexity index is 206. The van der Waals surface area contributed by atoms with Crippen molar-refractivity contribution in [2.24, 2.45) is 17.1 Å². The average molecular weight is 141 g/mol. The minimum absolute atomic E-state index is 0.113. The summed E-state index contributed by atoms with van der Waals surface area (Å²) in [5.41, 5.74) is 5.26. The third-order valence-electron chi connectivity index (χ3n) is 3.41. The van der Waals surface area contributed by atoms with Gasteiger partial charge in [-0.3, -0.25) is 4.79 Å². The van der Waals surface area contributed by atoms with Gasteiger partial charge in [0.25, 0.3) is 0 Å². The molecule has 1 atom stereocenters.